The molecule has 0 radical (unpaired) electrons. The Bertz CT molecular complexity index is 430. The SMILES string of the molecule is COc1ccc(C#N)c(NC2(C)CCC2)c1. The number of hydrogen-bond donors (Lipinski definition) is 1. The van der Waals surface area contributed by atoms with E-state index in [9.17, 15) is 0 Å². The first-order valence-corrected chi connectivity index (χ1v) is 5.53. The van der Waals surface area contributed by atoms with E-state index in [4.69, 9.17) is 10.00 Å². The van der Waals surface area contributed by atoms with Gasteiger partial charge >= 0.3 is 0 Å². The fraction of sp³-hybridized carbons (Fsp3) is 0.462. The van der Waals surface area contributed by atoms with Gasteiger partial charge in [0.15, 0.2) is 0 Å². The number of hydrogen-bond acceptors (Lipinski definition) is 3. The number of anilines is 1. The predicted octanol–water partition coefficient (Wildman–Crippen LogP) is 2.92. The summed E-state index contributed by atoms with van der Waals surface area (Å²) in [6.07, 6.45) is 3.58. The van der Waals surface area contributed by atoms with Crippen LogP contribution in [0.4, 0.5) is 5.69 Å². The summed E-state index contributed by atoms with van der Waals surface area (Å²) < 4.78 is 5.17. The summed E-state index contributed by atoms with van der Waals surface area (Å²) in [5.74, 6) is 0.782. The van der Waals surface area contributed by atoms with Crippen LogP contribution in [0, 0.1) is 11.3 Å². The second-order valence-corrected chi connectivity index (χ2v) is 4.56. The Balaban J connectivity index is 2.27. The number of benzene rings is 1. The minimum Gasteiger partial charge on any atom is -0.497 e. The molecule has 0 saturated heterocycles. The van der Waals surface area contributed by atoms with Gasteiger partial charge in [0.25, 0.3) is 0 Å². The second-order valence-electron chi connectivity index (χ2n) is 4.56. The fourth-order valence-electron chi connectivity index (χ4n) is 2.01. The van der Waals surface area contributed by atoms with Crippen LogP contribution in [0.15, 0.2) is 18.2 Å². The Labute approximate surface area is 96.0 Å². The van der Waals surface area contributed by atoms with Gasteiger partial charge in [-0.2, -0.15) is 5.26 Å². The molecule has 0 aromatic heterocycles. The zero-order valence-electron chi connectivity index (χ0n) is 9.71. The zero-order valence-corrected chi connectivity index (χ0v) is 9.71. The molecule has 3 nitrogen and oxygen atoms in total. The Hall–Kier alpha value is -1.69. The van der Waals surface area contributed by atoms with E-state index in [-0.39, 0.29) is 5.54 Å². The second kappa shape index (κ2) is 4.05. The lowest BCUT2D eigenvalue weighted by atomic mass is 9.78. The van der Waals surface area contributed by atoms with Gasteiger partial charge in [-0.1, -0.05) is 0 Å². The monoisotopic (exact) mass is 216 g/mol. The average molecular weight is 216 g/mol. The maximum Gasteiger partial charge on any atom is 0.121 e. The van der Waals surface area contributed by atoms with Gasteiger partial charge in [-0.05, 0) is 38.3 Å². The third-order valence-corrected chi connectivity index (χ3v) is 3.24. The van der Waals surface area contributed by atoms with Crippen LogP contribution in [0.2, 0.25) is 0 Å². The highest BCUT2D eigenvalue weighted by molar-refractivity contribution is 5.61. The van der Waals surface area contributed by atoms with E-state index in [1.807, 2.05) is 12.1 Å². The van der Waals surface area contributed by atoms with Crippen molar-refractivity contribution in [1.82, 2.24) is 0 Å². The van der Waals surface area contributed by atoms with Crippen molar-refractivity contribution in [2.45, 2.75) is 31.7 Å². The molecule has 1 saturated carbocycles. The van der Waals surface area contributed by atoms with E-state index in [1.165, 1.54) is 6.42 Å². The first-order valence-electron chi connectivity index (χ1n) is 5.53. The van der Waals surface area contributed by atoms with Crippen LogP contribution < -0.4 is 10.1 Å². The lowest BCUT2D eigenvalue weighted by molar-refractivity contribution is 0.306. The van der Waals surface area contributed by atoms with Crippen molar-refractivity contribution in [1.29, 1.82) is 5.26 Å². The lowest BCUT2D eigenvalue weighted by Crippen LogP contribution is -2.41. The minimum atomic E-state index is 0.151. The highest BCUT2D eigenvalue weighted by Gasteiger charge is 2.31. The van der Waals surface area contributed by atoms with Gasteiger partial charge < -0.3 is 10.1 Å². The molecular weight excluding hydrogens is 200 g/mol. The maximum absolute atomic E-state index is 9.04. The Morgan fingerprint density at radius 2 is 2.19 bits per heavy atom. The Kier molecular flexibility index (Phi) is 2.74. The van der Waals surface area contributed by atoms with Crippen LogP contribution in [0.1, 0.15) is 31.7 Å². The van der Waals surface area contributed by atoms with Crippen molar-refractivity contribution in [3.8, 4) is 11.8 Å². The number of nitrogens with one attached hydrogen (secondary N) is 1. The quantitative estimate of drug-likeness (QED) is 0.844. The Morgan fingerprint density at radius 3 is 2.69 bits per heavy atom. The van der Waals surface area contributed by atoms with Crippen LogP contribution in [-0.4, -0.2) is 12.6 Å². The van der Waals surface area contributed by atoms with Gasteiger partial charge in [0, 0.05) is 11.6 Å². The summed E-state index contributed by atoms with van der Waals surface area (Å²) in [5, 5.41) is 12.5. The molecule has 1 N–H and O–H groups in total. The summed E-state index contributed by atoms with van der Waals surface area (Å²) in [6, 6.07) is 7.70. The minimum absolute atomic E-state index is 0.151. The van der Waals surface area contributed by atoms with Gasteiger partial charge in [0.1, 0.15) is 11.8 Å². The third-order valence-electron chi connectivity index (χ3n) is 3.24. The van der Waals surface area contributed by atoms with E-state index in [2.05, 4.69) is 18.3 Å². The molecule has 0 atom stereocenters. The normalized spacial score (nSPS) is 17.1. The average Bonchev–Trinajstić information content (AvgIpc) is 2.27. The standard InChI is InChI=1S/C13H16N2O/c1-13(6-3-7-13)15-12-8-11(16-2)5-4-10(12)9-14/h4-5,8,15H,3,6-7H2,1-2H3. The summed E-state index contributed by atoms with van der Waals surface area (Å²) in [4.78, 5) is 0. The molecule has 0 amide bonds. The number of nitriles is 1. The van der Waals surface area contributed by atoms with Crippen LogP contribution in [0.25, 0.3) is 0 Å². The van der Waals surface area contributed by atoms with Crippen molar-refractivity contribution in [2.24, 2.45) is 0 Å². The number of nitrogens with zero attached hydrogens (tertiary/aromatic N) is 1. The van der Waals surface area contributed by atoms with Gasteiger partial charge in [0.2, 0.25) is 0 Å². The van der Waals surface area contributed by atoms with E-state index >= 15 is 0 Å². The number of rotatable bonds is 3. The topological polar surface area (TPSA) is 45.0 Å². The molecule has 1 aromatic carbocycles. The first-order chi connectivity index (χ1) is 7.67. The van der Waals surface area contributed by atoms with Crippen molar-refractivity contribution in [3.05, 3.63) is 23.8 Å². The summed E-state index contributed by atoms with van der Waals surface area (Å²) in [7, 11) is 1.64. The molecule has 0 spiro atoms. The van der Waals surface area contributed by atoms with Crippen molar-refractivity contribution < 1.29 is 4.74 Å². The third kappa shape index (κ3) is 1.96. The molecule has 3 heteroatoms. The summed E-state index contributed by atoms with van der Waals surface area (Å²) in [5.41, 5.74) is 1.70. The fourth-order valence-corrected chi connectivity index (χ4v) is 2.01. The molecule has 0 bridgehead atoms. The predicted molar refractivity (Wildman–Crippen MR) is 63.6 cm³/mol. The molecule has 1 fully saturated rings. The largest absolute Gasteiger partial charge is 0.497 e. The first kappa shape index (κ1) is 10.8. The lowest BCUT2D eigenvalue weighted by Gasteiger charge is -2.40. The van der Waals surface area contributed by atoms with Gasteiger partial charge in [0.05, 0.1) is 18.4 Å². The molecule has 0 unspecified atom stereocenters. The van der Waals surface area contributed by atoms with Gasteiger partial charge in [-0.15, -0.1) is 0 Å². The summed E-state index contributed by atoms with van der Waals surface area (Å²) in [6.45, 7) is 2.19. The van der Waals surface area contributed by atoms with Crippen molar-refractivity contribution in [2.75, 3.05) is 12.4 Å². The molecular formula is C13H16N2O. The number of methoxy groups -OCH3 is 1. The number of ether oxygens (including phenoxy) is 1. The molecule has 2 rings (SSSR count). The smallest absolute Gasteiger partial charge is 0.121 e. The molecule has 1 aromatic rings. The van der Waals surface area contributed by atoms with Crippen LogP contribution in [0.5, 0.6) is 5.75 Å². The molecule has 1 aliphatic rings. The van der Waals surface area contributed by atoms with Crippen molar-refractivity contribution in [3.63, 3.8) is 0 Å². The van der Waals surface area contributed by atoms with Gasteiger partial charge in [-0.25, -0.2) is 0 Å². The molecule has 0 aliphatic heterocycles. The molecule has 84 valence electrons. The van der Waals surface area contributed by atoms with E-state index in [0.717, 1.165) is 24.3 Å². The van der Waals surface area contributed by atoms with Crippen molar-refractivity contribution >= 4 is 5.69 Å². The van der Waals surface area contributed by atoms with Gasteiger partial charge in [-0.3, -0.25) is 0 Å². The highest BCUT2D eigenvalue weighted by atomic mass is 16.5. The van der Waals surface area contributed by atoms with E-state index < -0.39 is 0 Å². The molecule has 0 heterocycles. The maximum atomic E-state index is 9.04. The Morgan fingerprint density at radius 1 is 1.44 bits per heavy atom. The highest BCUT2D eigenvalue weighted by Crippen LogP contribution is 2.36. The van der Waals surface area contributed by atoms with E-state index in [1.54, 1.807) is 13.2 Å². The zero-order chi connectivity index (χ0) is 11.6. The molecule has 16 heavy (non-hydrogen) atoms. The van der Waals surface area contributed by atoms with Crippen LogP contribution in [0.3, 0.4) is 0 Å². The van der Waals surface area contributed by atoms with Crippen LogP contribution in [-0.2, 0) is 0 Å². The van der Waals surface area contributed by atoms with Crippen LogP contribution >= 0.6 is 0 Å². The summed E-state index contributed by atoms with van der Waals surface area (Å²) >= 11 is 0. The van der Waals surface area contributed by atoms with E-state index in [0.29, 0.717) is 5.56 Å². The molecule has 1 aliphatic carbocycles.